The van der Waals surface area contributed by atoms with Gasteiger partial charge in [-0.25, -0.2) is 0 Å². The normalized spacial score (nSPS) is 14.1. The van der Waals surface area contributed by atoms with Crippen molar-refractivity contribution >= 4 is 28.9 Å². The van der Waals surface area contributed by atoms with Gasteiger partial charge in [-0.05, 0) is 36.4 Å². The number of ether oxygens (including phenoxy) is 3. The number of benzene rings is 2. The summed E-state index contributed by atoms with van der Waals surface area (Å²) in [5.74, 6) is -0.545. The number of hydrogen-bond acceptors (Lipinski definition) is 5. The lowest BCUT2D eigenvalue weighted by Gasteiger charge is -2.30. The summed E-state index contributed by atoms with van der Waals surface area (Å²) in [6, 6.07) is 9.24. The second kappa shape index (κ2) is 9.07. The second-order valence-corrected chi connectivity index (χ2v) is 6.40. The van der Waals surface area contributed by atoms with Crippen LogP contribution >= 0.6 is 11.6 Å². The zero-order valence-electron chi connectivity index (χ0n) is 15.1. The van der Waals surface area contributed by atoms with Gasteiger partial charge < -0.3 is 24.4 Å². The molecule has 1 aliphatic heterocycles. The molecule has 0 unspecified atom stereocenters. The molecule has 0 radical (unpaired) electrons. The molecule has 1 aliphatic rings. The lowest BCUT2D eigenvalue weighted by Crippen LogP contribution is -2.36. The Kier molecular flexibility index (Phi) is 6.53. The van der Waals surface area contributed by atoms with E-state index in [0.717, 1.165) is 5.69 Å². The van der Waals surface area contributed by atoms with E-state index >= 15 is 0 Å². The topological polar surface area (TPSA) is 60.0 Å². The number of nitrogens with zero attached hydrogens (tertiary/aromatic N) is 1. The van der Waals surface area contributed by atoms with E-state index in [1.54, 1.807) is 12.1 Å². The summed E-state index contributed by atoms with van der Waals surface area (Å²) in [5.41, 5.74) is 1.60. The molecule has 9 heteroatoms. The van der Waals surface area contributed by atoms with Gasteiger partial charge in [0.05, 0.1) is 31.7 Å². The van der Waals surface area contributed by atoms with E-state index in [0.29, 0.717) is 37.0 Å². The first-order valence-corrected chi connectivity index (χ1v) is 8.92. The Morgan fingerprint density at radius 3 is 2.61 bits per heavy atom. The number of carbonyl (C=O) groups excluding carboxylic acids is 1. The molecule has 1 amide bonds. The Hall–Kier alpha value is -2.58. The van der Waals surface area contributed by atoms with Crippen molar-refractivity contribution in [3.8, 4) is 11.5 Å². The van der Waals surface area contributed by atoms with Crippen LogP contribution in [0.25, 0.3) is 0 Å². The Labute approximate surface area is 165 Å². The van der Waals surface area contributed by atoms with Crippen molar-refractivity contribution in [1.29, 1.82) is 0 Å². The number of methoxy groups -OCH3 is 1. The van der Waals surface area contributed by atoms with Gasteiger partial charge in [-0.3, -0.25) is 4.79 Å². The summed E-state index contributed by atoms with van der Waals surface area (Å²) in [5, 5.41) is 3.30. The predicted molar refractivity (Wildman–Crippen MR) is 102 cm³/mol. The van der Waals surface area contributed by atoms with Crippen LogP contribution in [-0.2, 0) is 4.74 Å². The number of alkyl halides is 2. The molecule has 0 bridgehead atoms. The highest BCUT2D eigenvalue weighted by atomic mass is 35.5. The van der Waals surface area contributed by atoms with E-state index in [-0.39, 0.29) is 17.1 Å². The number of halogens is 3. The smallest absolute Gasteiger partial charge is 0.387 e. The van der Waals surface area contributed by atoms with Crippen LogP contribution in [0.4, 0.5) is 20.2 Å². The fraction of sp³-hybridized carbons (Fsp3) is 0.316. The molecule has 2 aromatic carbocycles. The molecule has 0 aromatic heterocycles. The van der Waals surface area contributed by atoms with Gasteiger partial charge in [-0.15, -0.1) is 0 Å². The molecule has 6 nitrogen and oxygen atoms in total. The van der Waals surface area contributed by atoms with Gasteiger partial charge in [0.2, 0.25) is 0 Å². The van der Waals surface area contributed by atoms with E-state index in [1.165, 1.54) is 25.3 Å². The number of morpholine rings is 1. The Morgan fingerprint density at radius 2 is 1.93 bits per heavy atom. The zero-order valence-corrected chi connectivity index (χ0v) is 15.8. The molecular weight excluding hydrogens is 394 g/mol. The summed E-state index contributed by atoms with van der Waals surface area (Å²) < 4.78 is 39.7. The second-order valence-electron chi connectivity index (χ2n) is 5.96. The zero-order chi connectivity index (χ0) is 20.1. The van der Waals surface area contributed by atoms with E-state index < -0.39 is 12.5 Å². The van der Waals surface area contributed by atoms with Crippen LogP contribution in [0.3, 0.4) is 0 Å². The summed E-state index contributed by atoms with van der Waals surface area (Å²) in [7, 11) is 1.31. The van der Waals surface area contributed by atoms with Gasteiger partial charge in [0.25, 0.3) is 5.91 Å². The fourth-order valence-corrected chi connectivity index (χ4v) is 3.06. The number of hydrogen-bond donors (Lipinski definition) is 1. The maximum atomic E-state index is 12.7. The number of anilines is 2. The number of rotatable bonds is 6. The monoisotopic (exact) mass is 412 g/mol. The van der Waals surface area contributed by atoms with Crippen LogP contribution in [0.5, 0.6) is 11.5 Å². The van der Waals surface area contributed by atoms with Crippen LogP contribution in [0.1, 0.15) is 10.4 Å². The third-order valence-electron chi connectivity index (χ3n) is 4.20. The minimum Gasteiger partial charge on any atom is -0.493 e. The summed E-state index contributed by atoms with van der Waals surface area (Å²) >= 11 is 6.10. The molecule has 150 valence electrons. The van der Waals surface area contributed by atoms with Gasteiger partial charge in [-0.2, -0.15) is 8.78 Å². The quantitative estimate of drug-likeness (QED) is 0.776. The van der Waals surface area contributed by atoms with Crippen LogP contribution in [-0.4, -0.2) is 45.9 Å². The molecule has 0 aliphatic carbocycles. The van der Waals surface area contributed by atoms with E-state index in [4.69, 9.17) is 21.1 Å². The minimum atomic E-state index is -2.99. The van der Waals surface area contributed by atoms with Gasteiger partial charge in [0.15, 0.2) is 11.5 Å². The lowest BCUT2D eigenvalue weighted by molar-refractivity contribution is -0.0512. The molecule has 2 aromatic rings. The molecule has 0 saturated carbocycles. The van der Waals surface area contributed by atoms with Crippen LogP contribution < -0.4 is 19.7 Å². The van der Waals surface area contributed by atoms with Gasteiger partial charge in [-0.1, -0.05) is 11.6 Å². The average molecular weight is 413 g/mol. The molecule has 1 saturated heterocycles. The number of amides is 1. The van der Waals surface area contributed by atoms with Crippen LogP contribution in [0, 0.1) is 0 Å². The maximum absolute atomic E-state index is 12.7. The molecule has 0 atom stereocenters. The van der Waals surface area contributed by atoms with Crippen molar-refractivity contribution in [1.82, 2.24) is 0 Å². The maximum Gasteiger partial charge on any atom is 0.387 e. The first-order valence-electron chi connectivity index (χ1n) is 8.54. The van der Waals surface area contributed by atoms with Crippen molar-refractivity contribution in [2.45, 2.75) is 6.61 Å². The van der Waals surface area contributed by atoms with E-state index in [9.17, 15) is 13.6 Å². The molecular formula is C19H19ClF2N2O4. The number of carbonyl (C=O) groups is 1. The molecule has 0 spiro atoms. The Balaban J connectivity index is 1.83. The standard InChI is InChI=1S/C19H19ClF2N2O4/c1-26-17-10-12(2-5-16(17)28-19(21)22)18(25)23-14-11-13(20)3-4-15(14)24-6-8-27-9-7-24/h2-5,10-11,19H,6-9H2,1H3,(H,23,25). The minimum absolute atomic E-state index is 0.0347. The summed E-state index contributed by atoms with van der Waals surface area (Å²) in [6.45, 7) is -0.413. The first kappa shape index (κ1) is 20.2. The largest absolute Gasteiger partial charge is 0.493 e. The molecule has 1 N–H and O–H groups in total. The van der Waals surface area contributed by atoms with Crippen molar-refractivity contribution in [2.24, 2.45) is 0 Å². The third kappa shape index (κ3) is 4.82. The Bertz CT molecular complexity index is 845. The van der Waals surface area contributed by atoms with Gasteiger partial charge in [0.1, 0.15) is 0 Å². The highest BCUT2D eigenvalue weighted by molar-refractivity contribution is 6.31. The average Bonchev–Trinajstić information content (AvgIpc) is 2.68. The predicted octanol–water partition coefficient (Wildman–Crippen LogP) is 4.04. The summed E-state index contributed by atoms with van der Waals surface area (Å²) in [4.78, 5) is 14.8. The molecule has 28 heavy (non-hydrogen) atoms. The van der Waals surface area contributed by atoms with Crippen molar-refractivity contribution in [3.63, 3.8) is 0 Å². The van der Waals surface area contributed by atoms with Crippen molar-refractivity contribution in [3.05, 3.63) is 47.0 Å². The number of nitrogens with one attached hydrogen (secondary N) is 1. The van der Waals surface area contributed by atoms with E-state index in [1.807, 2.05) is 6.07 Å². The highest BCUT2D eigenvalue weighted by Gasteiger charge is 2.19. The lowest BCUT2D eigenvalue weighted by atomic mass is 10.1. The van der Waals surface area contributed by atoms with Crippen LogP contribution in [0.2, 0.25) is 5.02 Å². The first-order chi connectivity index (χ1) is 13.5. The summed E-state index contributed by atoms with van der Waals surface area (Å²) in [6.07, 6.45) is 0. The fourth-order valence-electron chi connectivity index (χ4n) is 2.89. The molecule has 1 fully saturated rings. The van der Waals surface area contributed by atoms with Crippen LogP contribution in [0.15, 0.2) is 36.4 Å². The SMILES string of the molecule is COc1cc(C(=O)Nc2cc(Cl)ccc2N2CCOCC2)ccc1OC(F)F. The van der Waals surface area contributed by atoms with Gasteiger partial charge >= 0.3 is 6.61 Å². The molecule has 1 heterocycles. The van der Waals surface area contributed by atoms with Crippen molar-refractivity contribution < 1.29 is 27.8 Å². The molecule has 3 rings (SSSR count). The third-order valence-corrected chi connectivity index (χ3v) is 4.44. The highest BCUT2D eigenvalue weighted by Crippen LogP contribution is 2.32. The Morgan fingerprint density at radius 1 is 1.18 bits per heavy atom. The van der Waals surface area contributed by atoms with Crippen molar-refractivity contribution in [2.75, 3.05) is 43.6 Å². The van der Waals surface area contributed by atoms with Gasteiger partial charge in [0, 0.05) is 23.7 Å². The van der Waals surface area contributed by atoms with E-state index in [2.05, 4.69) is 15.0 Å².